The van der Waals surface area contributed by atoms with Crippen LogP contribution in [-0.4, -0.2) is 115 Å². The fraction of sp³-hybridized carbons (Fsp3) is 0.861. The number of carbonyl (C=O) groups is 3. The Morgan fingerprint density at radius 3 is 1.94 bits per heavy atom. The van der Waals surface area contributed by atoms with Crippen LogP contribution in [0.4, 0.5) is 9.59 Å². The number of alkyl carbamates (subject to hydrolysis) is 2. The van der Waals surface area contributed by atoms with E-state index in [-0.39, 0.29) is 42.3 Å². The highest BCUT2D eigenvalue weighted by Crippen LogP contribution is 2.45. The van der Waals surface area contributed by atoms with Crippen molar-refractivity contribution in [3.8, 4) is 0 Å². The predicted molar refractivity (Wildman–Crippen MR) is 210 cm³/mol. The molecule has 2 atom stereocenters. The summed E-state index contributed by atoms with van der Waals surface area (Å²) in [5, 5.41) is 5.86. The lowest BCUT2D eigenvalue weighted by Crippen LogP contribution is -2.50. The van der Waals surface area contributed by atoms with Gasteiger partial charge in [0.25, 0.3) is 0 Å². The molecule has 0 spiro atoms. The van der Waals surface area contributed by atoms with Crippen molar-refractivity contribution in [3.05, 3.63) is 12.2 Å². The fourth-order valence-corrected chi connectivity index (χ4v) is 27.0. The second-order valence-corrected chi connectivity index (χ2v) is 31.9. The minimum atomic E-state index is -1.79. The zero-order valence-corrected chi connectivity index (χ0v) is 36.9. The summed E-state index contributed by atoms with van der Waals surface area (Å²) in [6.07, 6.45) is 3.37. The van der Waals surface area contributed by atoms with E-state index >= 15 is 0 Å². The van der Waals surface area contributed by atoms with Crippen LogP contribution in [0.25, 0.3) is 0 Å². The molecule has 1 rings (SSSR count). The van der Waals surface area contributed by atoms with Crippen molar-refractivity contribution in [1.82, 2.24) is 10.6 Å². The molecule has 15 heteroatoms. The van der Waals surface area contributed by atoms with Gasteiger partial charge in [-0.15, -0.1) is 0 Å². The maximum atomic E-state index is 12.7. The average molecular weight is 777 g/mol. The SMILES string of the molecule is C=C(C)C(=O)OCCOC(=O)NCC1(C)CC(NC(=O)OCCOCCC[Si](C)(C)C[Si](C)(C)O[Si](C)(C)CCCOCCOC)CC(C)(C)C1. The molecule has 0 aromatic carbocycles. The summed E-state index contributed by atoms with van der Waals surface area (Å²) in [5.41, 5.74) is 1.22. The Morgan fingerprint density at radius 2 is 1.31 bits per heavy atom. The molecular formula is C36H72N2O10Si3. The maximum absolute atomic E-state index is 12.7. The fourth-order valence-electron chi connectivity index (χ4n) is 7.68. The topological polar surface area (TPSA) is 140 Å². The van der Waals surface area contributed by atoms with E-state index in [1.54, 1.807) is 14.0 Å². The third-order valence-corrected chi connectivity index (χ3v) is 23.8. The number of methoxy groups -OCH3 is 1. The van der Waals surface area contributed by atoms with Gasteiger partial charge < -0.3 is 43.2 Å². The monoisotopic (exact) mass is 776 g/mol. The quantitative estimate of drug-likeness (QED) is 0.0320. The molecule has 2 unspecified atom stereocenters. The van der Waals surface area contributed by atoms with Gasteiger partial charge in [0.1, 0.15) is 19.8 Å². The Bertz CT molecular complexity index is 1090. The summed E-state index contributed by atoms with van der Waals surface area (Å²) < 4.78 is 39.0. The lowest BCUT2D eigenvalue weighted by Gasteiger charge is -2.46. The minimum absolute atomic E-state index is 0.0356. The van der Waals surface area contributed by atoms with Gasteiger partial charge >= 0.3 is 18.2 Å². The molecule has 12 nitrogen and oxygen atoms in total. The van der Waals surface area contributed by atoms with Crippen molar-refractivity contribution >= 4 is 42.9 Å². The number of hydrogen-bond donors (Lipinski definition) is 2. The number of ether oxygens (including phenoxy) is 6. The first-order chi connectivity index (χ1) is 23.6. The summed E-state index contributed by atoms with van der Waals surface area (Å²) >= 11 is 0. The normalized spacial score (nSPS) is 19.2. The van der Waals surface area contributed by atoms with Crippen molar-refractivity contribution in [2.45, 2.75) is 123 Å². The van der Waals surface area contributed by atoms with Crippen LogP contribution >= 0.6 is 0 Å². The van der Waals surface area contributed by atoms with Gasteiger partial charge in [0.15, 0.2) is 16.6 Å². The van der Waals surface area contributed by atoms with Crippen molar-refractivity contribution < 1.29 is 46.9 Å². The minimum Gasteiger partial charge on any atom is -0.459 e. The largest absolute Gasteiger partial charge is 0.459 e. The predicted octanol–water partition coefficient (Wildman–Crippen LogP) is 7.28. The Hall–Kier alpha value is -1.76. The van der Waals surface area contributed by atoms with Crippen molar-refractivity contribution in [2.75, 3.05) is 66.5 Å². The number of carbonyl (C=O) groups excluding carboxylic acids is 3. The summed E-state index contributed by atoms with van der Waals surface area (Å²) in [7, 11) is -3.31. The van der Waals surface area contributed by atoms with E-state index in [1.165, 1.54) is 11.7 Å². The van der Waals surface area contributed by atoms with E-state index in [9.17, 15) is 14.4 Å². The van der Waals surface area contributed by atoms with E-state index in [0.29, 0.717) is 39.4 Å². The second kappa shape index (κ2) is 22.5. The summed E-state index contributed by atoms with van der Waals surface area (Å²) in [6.45, 7) is 29.4. The molecule has 0 aromatic heterocycles. The van der Waals surface area contributed by atoms with Crippen LogP contribution in [0.5, 0.6) is 0 Å². The number of esters is 1. The van der Waals surface area contributed by atoms with Crippen LogP contribution in [0.3, 0.4) is 0 Å². The lowest BCUT2D eigenvalue weighted by molar-refractivity contribution is -0.139. The summed E-state index contributed by atoms with van der Waals surface area (Å²) in [5.74, 6) is -0.520. The van der Waals surface area contributed by atoms with Gasteiger partial charge in [0.05, 0.1) is 19.8 Å². The Balaban J connectivity index is 2.34. The highest BCUT2D eigenvalue weighted by atomic mass is 28.4. The highest BCUT2D eigenvalue weighted by Gasteiger charge is 2.42. The number of nitrogens with one attached hydrogen (secondary N) is 2. The van der Waals surface area contributed by atoms with Crippen molar-refractivity contribution in [2.24, 2.45) is 10.8 Å². The Labute approximate surface area is 312 Å². The van der Waals surface area contributed by atoms with E-state index in [1.807, 2.05) is 0 Å². The van der Waals surface area contributed by atoms with Gasteiger partial charge in [-0.2, -0.15) is 0 Å². The highest BCUT2D eigenvalue weighted by molar-refractivity contribution is 6.96. The van der Waals surface area contributed by atoms with Crippen LogP contribution in [0.15, 0.2) is 12.2 Å². The van der Waals surface area contributed by atoms with Crippen LogP contribution in [0.2, 0.25) is 57.0 Å². The van der Waals surface area contributed by atoms with E-state index in [2.05, 4.69) is 77.3 Å². The molecular weight excluding hydrogens is 705 g/mol. The zero-order valence-electron chi connectivity index (χ0n) is 33.9. The molecule has 0 aromatic rings. The van der Waals surface area contributed by atoms with Crippen LogP contribution < -0.4 is 10.6 Å². The van der Waals surface area contributed by atoms with E-state index in [4.69, 9.17) is 32.5 Å². The maximum Gasteiger partial charge on any atom is 0.407 e. The first kappa shape index (κ1) is 47.3. The third-order valence-electron chi connectivity index (χ3n) is 8.88. The molecule has 1 saturated carbocycles. The van der Waals surface area contributed by atoms with Gasteiger partial charge in [0.2, 0.25) is 0 Å². The van der Waals surface area contributed by atoms with Crippen molar-refractivity contribution in [3.63, 3.8) is 0 Å². The molecule has 0 saturated heterocycles. The Kier molecular flexibility index (Phi) is 20.8. The molecule has 2 amide bonds. The van der Waals surface area contributed by atoms with Gasteiger partial charge in [0, 0.05) is 46.6 Å². The van der Waals surface area contributed by atoms with Gasteiger partial charge in [-0.05, 0) is 87.8 Å². The molecule has 2 N–H and O–H groups in total. The first-order valence-electron chi connectivity index (χ1n) is 18.6. The molecule has 298 valence electrons. The van der Waals surface area contributed by atoms with Crippen LogP contribution in [0, 0.1) is 10.8 Å². The molecule has 51 heavy (non-hydrogen) atoms. The first-order valence-corrected chi connectivity index (χ1v) is 28.2. The molecule has 1 aliphatic carbocycles. The molecule has 0 aliphatic heterocycles. The molecule has 1 fully saturated rings. The van der Waals surface area contributed by atoms with E-state index in [0.717, 1.165) is 38.3 Å². The summed E-state index contributed by atoms with van der Waals surface area (Å²) in [4.78, 5) is 36.4. The van der Waals surface area contributed by atoms with Gasteiger partial charge in [-0.25, -0.2) is 14.4 Å². The average Bonchev–Trinajstić information content (AvgIpc) is 2.97. The lowest BCUT2D eigenvalue weighted by atomic mass is 9.62. The number of hydrogen-bond acceptors (Lipinski definition) is 10. The van der Waals surface area contributed by atoms with Gasteiger partial charge in [-0.1, -0.05) is 46.5 Å². The number of rotatable bonds is 25. The number of amides is 2. The summed E-state index contributed by atoms with van der Waals surface area (Å²) in [6, 6.07) is 2.20. The van der Waals surface area contributed by atoms with Crippen LogP contribution in [-0.2, 0) is 37.3 Å². The van der Waals surface area contributed by atoms with Crippen molar-refractivity contribution in [1.29, 1.82) is 0 Å². The second-order valence-electron chi connectivity index (χ2n) is 17.3. The Morgan fingerprint density at radius 1 is 0.745 bits per heavy atom. The molecule has 0 bridgehead atoms. The molecule has 0 heterocycles. The molecule has 0 radical (unpaired) electrons. The van der Waals surface area contributed by atoms with Gasteiger partial charge in [-0.3, -0.25) is 0 Å². The smallest absolute Gasteiger partial charge is 0.407 e. The van der Waals surface area contributed by atoms with E-state index < -0.39 is 42.9 Å². The van der Waals surface area contributed by atoms with Crippen LogP contribution in [0.1, 0.15) is 59.8 Å². The standard InChI is InChI=1S/C36H72N2O10Si3/c1-30(2)32(39)45-21-22-46-33(40)37-28-36(5)26-31(25-35(3,4)27-36)38-34(41)47-20-19-44-15-13-23-49(7,8)29-51(11,12)48-50(9,10)24-14-16-43-18-17-42-6/h31H,1,13-29H2,2-12H3,(H,37,40)(H,38,41). The third kappa shape index (κ3) is 22.8. The molecule has 1 aliphatic rings. The zero-order chi connectivity index (χ0) is 38.8.